The Bertz CT molecular complexity index is 688. The highest BCUT2D eigenvalue weighted by atomic mass is 16.5. The molecule has 2 rings (SSSR count). The van der Waals surface area contributed by atoms with Crippen LogP contribution in [0.3, 0.4) is 0 Å². The lowest BCUT2D eigenvalue weighted by atomic mass is 9.65. The molecule has 6 heteroatoms. The summed E-state index contributed by atoms with van der Waals surface area (Å²) in [6, 6.07) is 0. The van der Waals surface area contributed by atoms with E-state index in [4.69, 9.17) is 4.74 Å². The fourth-order valence-corrected chi connectivity index (χ4v) is 5.04. The number of aliphatic hydroxyl groups is 2. The summed E-state index contributed by atoms with van der Waals surface area (Å²) in [7, 11) is 0. The SMILES string of the molecule is CCNC(=O)C[C@H](O)C[C@H](O)CC[C@@H]1[C@@H]2C(=C[C@H](C)C[C@@H]2OC(=O)[C@@H](C)CC)C=C[C@@H]1C. The maximum absolute atomic E-state index is 12.6. The number of amides is 1. The van der Waals surface area contributed by atoms with Crippen molar-refractivity contribution in [2.24, 2.45) is 29.6 Å². The summed E-state index contributed by atoms with van der Waals surface area (Å²) in [6.07, 6.45) is 8.11. The van der Waals surface area contributed by atoms with Crippen molar-refractivity contribution in [1.29, 1.82) is 0 Å². The minimum Gasteiger partial charge on any atom is -0.461 e. The Morgan fingerprint density at radius 3 is 2.59 bits per heavy atom. The summed E-state index contributed by atoms with van der Waals surface area (Å²) in [5.41, 5.74) is 1.24. The lowest BCUT2D eigenvalue weighted by Crippen LogP contribution is -2.41. The summed E-state index contributed by atoms with van der Waals surface area (Å²) in [5.74, 6) is 0.612. The van der Waals surface area contributed by atoms with Crippen LogP contribution in [0.25, 0.3) is 0 Å². The molecule has 3 N–H and O–H groups in total. The molecular weight excluding hydrogens is 406 g/mol. The van der Waals surface area contributed by atoms with Gasteiger partial charge in [-0.25, -0.2) is 0 Å². The summed E-state index contributed by atoms with van der Waals surface area (Å²) >= 11 is 0. The van der Waals surface area contributed by atoms with Crippen LogP contribution in [0.1, 0.15) is 73.1 Å². The van der Waals surface area contributed by atoms with Crippen molar-refractivity contribution >= 4 is 11.9 Å². The van der Waals surface area contributed by atoms with Gasteiger partial charge in [0, 0.05) is 12.5 Å². The number of carbonyl (C=O) groups excluding carboxylic acids is 2. The first kappa shape index (κ1) is 26.6. The predicted octanol–water partition coefficient (Wildman–Crippen LogP) is 3.77. The second-order valence-corrected chi connectivity index (χ2v) is 9.85. The molecule has 8 atom stereocenters. The highest BCUT2D eigenvalue weighted by Crippen LogP contribution is 2.45. The van der Waals surface area contributed by atoms with Crippen LogP contribution in [0.15, 0.2) is 23.8 Å². The summed E-state index contributed by atoms with van der Waals surface area (Å²) < 4.78 is 6.04. The third kappa shape index (κ3) is 7.45. The number of aliphatic hydroxyl groups excluding tert-OH is 2. The Balaban J connectivity index is 2.04. The van der Waals surface area contributed by atoms with Crippen molar-refractivity contribution in [3.8, 4) is 0 Å². The average molecular weight is 450 g/mol. The van der Waals surface area contributed by atoms with Gasteiger partial charge in [0.2, 0.25) is 5.91 Å². The summed E-state index contributed by atoms with van der Waals surface area (Å²) in [5, 5.41) is 23.3. The van der Waals surface area contributed by atoms with Crippen molar-refractivity contribution in [3.05, 3.63) is 23.8 Å². The quantitative estimate of drug-likeness (QED) is 0.417. The molecule has 6 nitrogen and oxygen atoms in total. The first-order valence-electron chi connectivity index (χ1n) is 12.4. The summed E-state index contributed by atoms with van der Waals surface area (Å²) in [4.78, 5) is 24.2. The van der Waals surface area contributed by atoms with Crippen LogP contribution in [-0.2, 0) is 14.3 Å². The molecule has 0 spiro atoms. The van der Waals surface area contributed by atoms with Gasteiger partial charge in [-0.2, -0.15) is 0 Å². The summed E-state index contributed by atoms with van der Waals surface area (Å²) in [6.45, 7) is 10.6. The molecule has 1 amide bonds. The normalized spacial score (nSPS) is 30.0. The molecule has 0 aliphatic heterocycles. The van der Waals surface area contributed by atoms with Crippen LogP contribution in [0, 0.1) is 29.6 Å². The minimum absolute atomic E-state index is 0.00844. The van der Waals surface area contributed by atoms with Crippen molar-refractivity contribution in [3.63, 3.8) is 0 Å². The van der Waals surface area contributed by atoms with Gasteiger partial charge in [-0.15, -0.1) is 0 Å². The first-order valence-corrected chi connectivity index (χ1v) is 12.4. The van der Waals surface area contributed by atoms with E-state index in [-0.39, 0.29) is 48.6 Å². The van der Waals surface area contributed by atoms with Crippen LogP contribution in [0.5, 0.6) is 0 Å². The number of allylic oxidation sites excluding steroid dienone is 3. The average Bonchev–Trinajstić information content (AvgIpc) is 2.72. The van der Waals surface area contributed by atoms with Crippen LogP contribution < -0.4 is 5.32 Å². The third-order valence-electron chi connectivity index (χ3n) is 7.05. The monoisotopic (exact) mass is 449 g/mol. The number of rotatable bonds is 11. The Morgan fingerprint density at radius 1 is 1.22 bits per heavy atom. The van der Waals surface area contributed by atoms with E-state index in [0.717, 1.165) is 19.3 Å². The lowest BCUT2D eigenvalue weighted by Gasteiger charge is -2.43. The molecule has 0 bridgehead atoms. The van der Waals surface area contributed by atoms with Gasteiger partial charge in [0.1, 0.15) is 6.10 Å². The molecular formula is C26H43NO5. The van der Waals surface area contributed by atoms with Gasteiger partial charge in [0.05, 0.1) is 24.5 Å². The Hall–Kier alpha value is -1.66. The van der Waals surface area contributed by atoms with Crippen LogP contribution in [0.2, 0.25) is 0 Å². The number of esters is 1. The molecule has 0 fully saturated rings. The lowest BCUT2D eigenvalue weighted by molar-refractivity contribution is -0.158. The van der Waals surface area contributed by atoms with Crippen molar-refractivity contribution in [1.82, 2.24) is 5.32 Å². The number of hydrogen-bond donors (Lipinski definition) is 3. The van der Waals surface area contributed by atoms with E-state index >= 15 is 0 Å². The maximum atomic E-state index is 12.6. The number of nitrogens with one attached hydrogen (secondary N) is 1. The molecule has 32 heavy (non-hydrogen) atoms. The van der Waals surface area contributed by atoms with E-state index in [1.807, 2.05) is 20.8 Å². The number of ether oxygens (including phenoxy) is 1. The van der Waals surface area contributed by atoms with Gasteiger partial charge in [0.15, 0.2) is 0 Å². The second-order valence-electron chi connectivity index (χ2n) is 9.85. The van der Waals surface area contributed by atoms with Gasteiger partial charge in [-0.1, -0.05) is 45.9 Å². The largest absolute Gasteiger partial charge is 0.461 e. The molecule has 0 radical (unpaired) electrons. The molecule has 182 valence electrons. The zero-order valence-corrected chi connectivity index (χ0v) is 20.4. The highest BCUT2D eigenvalue weighted by molar-refractivity contribution is 5.76. The second kappa shape index (κ2) is 12.5. The van der Waals surface area contributed by atoms with Gasteiger partial charge >= 0.3 is 5.97 Å². The zero-order valence-electron chi connectivity index (χ0n) is 20.4. The molecule has 0 aromatic rings. The van der Waals surface area contributed by atoms with Gasteiger partial charge in [-0.05, 0) is 62.4 Å². The smallest absolute Gasteiger partial charge is 0.308 e. The minimum atomic E-state index is -0.851. The van der Waals surface area contributed by atoms with E-state index < -0.39 is 12.2 Å². The number of hydrogen-bond acceptors (Lipinski definition) is 5. The fraction of sp³-hybridized carbons (Fsp3) is 0.769. The Labute approximate surface area is 193 Å². The zero-order chi connectivity index (χ0) is 23.8. The van der Waals surface area contributed by atoms with Gasteiger partial charge < -0.3 is 20.3 Å². The molecule has 0 unspecified atom stereocenters. The van der Waals surface area contributed by atoms with Crippen LogP contribution in [-0.4, -0.2) is 46.9 Å². The number of carbonyl (C=O) groups is 2. The van der Waals surface area contributed by atoms with E-state index in [2.05, 4.69) is 37.4 Å². The van der Waals surface area contributed by atoms with E-state index in [1.165, 1.54) is 5.57 Å². The standard InChI is InChI=1S/C26H43NO5/c1-6-17(4)26(31)32-23-13-16(3)12-19-9-8-18(5)22(25(19)23)11-10-20(28)14-21(29)15-24(30)27-7-2/h8-9,12,16-18,20-23,25,28-29H,6-7,10-11,13-15H2,1-5H3,(H,27,30)/t16-,17-,18-,20+,21+,22-,23-,25-/m0/s1. The molecule has 0 saturated carbocycles. The molecule has 0 aromatic heterocycles. The molecule has 0 aromatic carbocycles. The molecule has 2 aliphatic rings. The highest BCUT2D eigenvalue weighted by Gasteiger charge is 2.41. The first-order chi connectivity index (χ1) is 15.2. The predicted molar refractivity (Wildman–Crippen MR) is 126 cm³/mol. The van der Waals surface area contributed by atoms with Gasteiger partial charge in [0.25, 0.3) is 0 Å². The van der Waals surface area contributed by atoms with E-state index in [0.29, 0.717) is 24.8 Å². The van der Waals surface area contributed by atoms with Crippen molar-refractivity contribution in [2.45, 2.75) is 91.5 Å². The topological polar surface area (TPSA) is 95.9 Å². The molecule has 2 aliphatic carbocycles. The molecule has 0 saturated heterocycles. The van der Waals surface area contributed by atoms with Crippen LogP contribution >= 0.6 is 0 Å². The number of fused-ring (bicyclic) bond motifs is 1. The van der Waals surface area contributed by atoms with Crippen molar-refractivity contribution in [2.75, 3.05) is 6.54 Å². The third-order valence-corrected chi connectivity index (χ3v) is 7.05. The fourth-order valence-electron chi connectivity index (χ4n) is 5.04. The van der Waals surface area contributed by atoms with Crippen LogP contribution in [0.4, 0.5) is 0 Å². The Morgan fingerprint density at radius 2 is 1.94 bits per heavy atom. The Kier molecular flexibility index (Phi) is 10.4. The van der Waals surface area contributed by atoms with E-state index in [1.54, 1.807) is 0 Å². The van der Waals surface area contributed by atoms with Crippen molar-refractivity contribution < 1.29 is 24.5 Å². The maximum Gasteiger partial charge on any atom is 0.308 e. The molecule has 0 heterocycles. The van der Waals surface area contributed by atoms with E-state index in [9.17, 15) is 19.8 Å². The van der Waals surface area contributed by atoms with Gasteiger partial charge in [-0.3, -0.25) is 9.59 Å².